The molecule has 0 atom stereocenters. The first kappa shape index (κ1) is 71.1. The molecule has 0 unspecified atom stereocenters. The number of nitrogens with zero attached hydrogens (tertiary/aromatic N) is 1. The second-order valence-corrected chi connectivity index (χ2v) is 32.3. The zero-order valence-corrected chi connectivity index (χ0v) is 49.8. The Balaban J connectivity index is -0.000000146. The van der Waals surface area contributed by atoms with Crippen LogP contribution in [-0.2, 0) is 4.74 Å². The van der Waals surface area contributed by atoms with E-state index in [1.54, 1.807) is 0 Å². The normalized spacial score (nSPS) is 14.2. The molecule has 0 rings (SSSR count). The van der Waals surface area contributed by atoms with Gasteiger partial charge >= 0.3 is 0 Å². The van der Waals surface area contributed by atoms with E-state index in [9.17, 15) is 0 Å². The standard InChI is InChI=1S/C10H22.2C10H20.C9H19N.C9H20O.C9H20S/c3*1-9(2,3)7-8-10(4,5)6;3*1-8(2,3)7-10-9(4,5)6/h7-8H2,1-6H3;2*7-8H,1-6H3;7H,1-6H3;2*7H2,1-6H3. The largest absolute Gasteiger partial charge is 0.375 e. The highest BCUT2D eigenvalue weighted by atomic mass is 32.2. The van der Waals surface area contributed by atoms with Gasteiger partial charge in [-0.05, 0) is 109 Å². The molecule has 0 bridgehead atoms. The number of hydrogen-bond donors (Lipinski definition) is 0. The summed E-state index contributed by atoms with van der Waals surface area (Å²) in [6.45, 7) is 80.5. The molecule has 0 radical (unpaired) electrons. The fourth-order valence-electron chi connectivity index (χ4n) is 3.00. The summed E-state index contributed by atoms with van der Waals surface area (Å²) >= 11 is 2.04. The molecule has 0 spiro atoms. The Morgan fingerprint density at radius 1 is 0.350 bits per heavy atom. The van der Waals surface area contributed by atoms with Crippen molar-refractivity contribution in [2.24, 2.45) is 53.7 Å². The third-order valence-electron chi connectivity index (χ3n) is 6.51. The molecule has 0 saturated heterocycles. The van der Waals surface area contributed by atoms with Crippen LogP contribution in [0, 0.1) is 48.7 Å². The molecule has 0 aromatic rings. The van der Waals surface area contributed by atoms with Gasteiger partial charge < -0.3 is 4.74 Å². The van der Waals surface area contributed by atoms with Crippen LogP contribution in [0.2, 0.25) is 0 Å². The fraction of sp³-hybridized carbons (Fsp3) is 0.912. The van der Waals surface area contributed by atoms with E-state index in [4.69, 9.17) is 4.74 Å². The topological polar surface area (TPSA) is 21.6 Å². The Hall–Kier alpha value is -0.540. The quantitative estimate of drug-likeness (QED) is 0.208. The predicted molar refractivity (Wildman–Crippen MR) is 289 cm³/mol. The van der Waals surface area contributed by atoms with Crippen LogP contribution < -0.4 is 0 Å². The van der Waals surface area contributed by atoms with Crippen molar-refractivity contribution in [3.8, 4) is 0 Å². The van der Waals surface area contributed by atoms with E-state index in [1.807, 2.05) is 18.0 Å². The zero-order valence-electron chi connectivity index (χ0n) is 49.0. The Morgan fingerprint density at radius 2 is 0.617 bits per heavy atom. The molecule has 2 nitrogen and oxygen atoms in total. The number of ether oxygens (including phenoxy) is 1. The molecule has 0 aromatic heterocycles. The van der Waals surface area contributed by atoms with Gasteiger partial charge in [0.2, 0.25) is 0 Å². The van der Waals surface area contributed by atoms with Gasteiger partial charge in [0.15, 0.2) is 0 Å². The van der Waals surface area contributed by atoms with Gasteiger partial charge in [-0.1, -0.05) is 232 Å². The Kier molecular flexibility index (Phi) is 32.8. The summed E-state index contributed by atoms with van der Waals surface area (Å²) in [5.41, 5.74) is 3.38. The van der Waals surface area contributed by atoms with Crippen LogP contribution >= 0.6 is 11.8 Å². The van der Waals surface area contributed by atoms with Crippen LogP contribution in [0.3, 0.4) is 0 Å². The third kappa shape index (κ3) is 107. The van der Waals surface area contributed by atoms with Crippen LogP contribution in [0.1, 0.15) is 262 Å². The highest BCUT2D eigenvalue weighted by Crippen LogP contribution is 2.31. The number of aliphatic imine (C=N–C) groups is 1. The lowest BCUT2D eigenvalue weighted by Gasteiger charge is -2.26. The average molecular weight is 869 g/mol. The lowest BCUT2D eigenvalue weighted by Crippen LogP contribution is -2.26. The first-order valence-corrected chi connectivity index (χ1v) is 24.5. The van der Waals surface area contributed by atoms with Crippen LogP contribution in [0.5, 0.6) is 0 Å². The van der Waals surface area contributed by atoms with Crippen LogP contribution in [-0.4, -0.2) is 34.5 Å². The van der Waals surface area contributed by atoms with Gasteiger partial charge in [-0.25, -0.2) is 0 Å². The number of thioether (sulfide) groups is 1. The number of allylic oxidation sites excluding steroid dienone is 4. The van der Waals surface area contributed by atoms with Crippen molar-refractivity contribution in [2.75, 3.05) is 12.4 Å². The molecule has 0 fully saturated rings. The molecular weight excluding hydrogens is 747 g/mol. The highest BCUT2D eigenvalue weighted by molar-refractivity contribution is 8.00. The summed E-state index contributed by atoms with van der Waals surface area (Å²) in [5.74, 6) is 1.25. The van der Waals surface area contributed by atoms with Crippen molar-refractivity contribution in [2.45, 2.75) is 278 Å². The van der Waals surface area contributed by atoms with E-state index in [0.29, 0.717) is 42.7 Å². The first-order chi connectivity index (χ1) is 25.2. The lowest BCUT2D eigenvalue weighted by molar-refractivity contribution is -0.0382. The summed E-state index contributed by atoms with van der Waals surface area (Å²) in [5, 5.41) is 0. The maximum Gasteiger partial charge on any atom is 0.0598 e. The molecule has 0 amide bonds. The average Bonchev–Trinajstić information content (AvgIpc) is 2.89. The lowest BCUT2D eigenvalue weighted by atomic mass is 9.81. The second kappa shape index (κ2) is 27.7. The molecule has 0 heterocycles. The predicted octanol–water partition coefficient (Wildman–Crippen LogP) is 20.4. The maximum absolute atomic E-state index is 5.59. The van der Waals surface area contributed by atoms with Crippen molar-refractivity contribution in [3.63, 3.8) is 0 Å². The van der Waals surface area contributed by atoms with Crippen LogP contribution in [0.4, 0.5) is 0 Å². The van der Waals surface area contributed by atoms with Gasteiger partial charge in [0.25, 0.3) is 0 Å². The monoisotopic (exact) mass is 868 g/mol. The molecule has 0 aliphatic carbocycles. The highest BCUT2D eigenvalue weighted by Gasteiger charge is 2.19. The maximum atomic E-state index is 5.59. The molecule has 0 saturated carbocycles. The summed E-state index contributed by atoms with van der Waals surface area (Å²) in [4.78, 5) is 4.40. The molecular formula is C57H121NOS. The van der Waals surface area contributed by atoms with Crippen molar-refractivity contribution in [1.29, 1.82) is 0 Å². The summed E-state index contributed by atoms with van der Waals surface area (Å²) in [6, 6.07) is 0. The van der Waals surface area contributed by atoms with Crippen LogP contribution in [0.15, 0.2) is 29.3 Å². The molecule has 3 heteroatoms. The smallest absolute Gasteiger partial charge is 0.0598 e. The molecule has 366 valence electrons. The zero-order chi connectivity index (χ0) is 50.5. The Labute approximate surface area is 389 Å². The van der Waals surface area contributed by atoms with E-state index in [0.717, 1.165) is 6.61 Å². The minimum Gasteiger partial charge on any atom is -0.375 e. The van der Waals surface area contributed by atoms with Gasteiger partial charge in [-0.3, -0.25) is 4.99 Å². The number of rotatable bonds is 3. The third-order valence-corrected chi connectivity index (χ3v) is 8.38. The SMILES string of the molecule is CC(C)(C)C=CC(C)(C)C.CC(C)(C)C=CC(C)(C)C.CC(C)(C)C=NC(C)(C)C.CC(C)(C)CCC(C)(C)C.CC(C)(C)COC(C)(C)C.CC(C)(C)CSC(C)(C)C. The van der Waals surface area contributed by atoms with E-state index < -0.39 is 0 Å². The summed E-state index contributed by atoms with van der Waals surface area (Å²) in [7, 11) is 0. The van der Waals surface area contributed by atoms with Gasteiger partial charge in [0.05, 0.1) is 17.7 Å². The van der Waals surface area contributed by atoms with Gasteiger partial charge in [-0.2, -0.15) is 11.8 Å². The van der Waals surface area contributed by atoms with E-state index in [-0.39, 0.29) is 22.0 Å². The van der Waals surface area contributed by atoms with Crippen molar-refractivity contribution < 1.29 is 4.74 Å². The van der Waals surface area contributed by atoms with Gasteiger partial charge in [-0.15, -0.1) is 0 Å². The van der Waals surface area contributed by atoms with Gasteiger partial charge in [0.1, 0.15) is 0 Å². The Bertz CT molecular complexity index is 875. The fourth-order valence-corrected chi connectivity index (χ4v) is 3.87. The Morgan fingerprint density at radius 3 is 0.700 bits per heavy atom. The molecule has 0 aliphatic rings. The van der Waals surface area contributed by atoms with Crippen LogP contribution in [0.25, 0.3) is 0 Å². The van der Waals surface area contributed by atoms with E-state index in [2.05, 4.69) is 279 Å². The summed E-state index contributed by atoms with van der Waals surface area (Å²) in [6.07, 6.45) is 13.8. The van der Waals surface area contributed by atoms with Crippen molar-refractivity contribution in [3.05, 3.63) is 24.3 Å². The van der Waals surface area contributed by atoms with E-state index in [1.165, 1.54) is 18.6 Å². The van der Waals surface area contributed by atoms with E-state index >= 15 is 0 Å². The molecule has 0 aromatic carbocycles. The molecule has 0 aliphatic heterocycles. The number of hydrogen-bond acceptors (Lipinski definition) is 3. The molecule has 60 heavy (non-hydrogen) atoms. The minimum atomic E-state index is 0.00722. The van der Waals surface area contributed by atoms with Crippen molar-refractivity contribution in [1.82, 2.24) is 0 Å². The first-order valence-electron chi connectivity index (χ1n) is 23.5. The molecule has 0 N–H and O–H groups in total. The minimum absolute atomic E-state index is 0.00722. The summed E-state index contributed by atoms with van der Waals surface area (Å²) < 4.78 is 6.02. The van der Waals surface area contributed by atoms with Crippen molar-refractivity contribution >= 4 is 18.0 Å². The van der Waals surface area contributed by atoms with Gasteiger partial charge in [0, 0.05) is 11.0 Å². The second-order valence-electron chi connectivity index (χ2n) is 30.5.